The van der Waals surface area contributed by atoms with Crippen LogP contribution in [0, 0.1) is 35.5 Å². The third kappa shape index (κ3) is 0.327. The molecule has 0 spiro atoms. The molecule has 1 heterocycles. The molecular formula is C10H12OS. The van der Waals surface area contributed by atoms with Crippen LogP contribution in [-0.2, 0) is 0 Å². The van der Waals surface area contributed by atoms with E-state index in [4.69, 9.17) is 0 Å². The van der Waals surface area contributed by atoms with Gasteiger partial charge in [0.05, 0.1) is 6.10 Å². The third-order valence-electron chi connectivity index (χ3n) is 5.58. The molecule has 12 heavy (non-hydrogen) atoms. The summed E-state index contributed by atoms with van der Waals surface area (Å²) in [7, 11) is 0. The molecule has 9 atom stereocenters. The number of aliphatic hydroxyl groups is 1. The predicted molar refractivity (Wildman–Crippen MR) is 46.7 cm³/mol. The fraction of sp³-hybridized carbons (Fsp3) is 1.00. The molecular weight excluding hydrogens is 168 g/mol. The van der Waals surface area contributed by atoms with Crippen LogP contribution < -0.4 is 0 Å². The quantitative estimate of drug-likeness (QED) is 0.599. The molecule has 64 valence electrons. The van der Waals surface area contributed by atoms with E-state index in [0.29, 0.717) is 0 Å². The number of aliphatic hydroxyl groups excluding tert-OH is 1. The zero-order chi connectivity index (χ0) is 7.61. The van der Waals surface area contributed by atoms with Crippen molar-refractivity contribution in [3.05, 3.63) is 0 Å². The molecule has 1 N–H and O–H groups in total. The Morgan fingerprint density at radius 1 is 0.917 bits per heavy atom. The monoisotopic (exact) mass is 180 g/mol. The number of rotatable bonds is 0. The second-order valence-corrected chi connectivity index (χ2v) is 6.79. The minimum atomic E-state index is 0.125. The van der Waals surface area contributed by atoms with Crippen molar-refractivity contribution in [3.8, 4) is 0 Å². The minimum Gasteiger partial charge on any atom is -0.392 e. The lowest BCUT2D eigenvalue weighted by molar-refractivity contribution is 0.0307. The predicted octanol–water partition coefficient (Wildman–Crippen LogP) is 0.973. The van der Waals surface area contributed by atoms with Crippen LogP contribution in [0.1, 0.15) is 6.42 Å². The average Bonchev–Trinajstić information content (AvgIpc) is 2.47. The summed E-state index contributed by atoms with van der Waals surface area (Å²) in [5, 5.41) is 11.9. The first-order valence-corrected chi connectivity index (χ1v) is 6.16. The Bertz CT molecular complexity index is 282. The van der Waals surface area contributed by atoms with Crippen LogP contribution in [0.4, 0.5) is 0 Å². The van der Waals surface area contributed by atoms with E-state index in [0.717, 1.165) is 46.0 Å². The van der Waals surface area contributed by atoms with Gasteiger partial charge in [-0.1, -0.05) is 0 Å². The topological polar surface area (TPSA) is 20.2 Å². The van der Waals surface area contributed by atoms with Gasteiger partial charge in [0.2, 0.25) is 0 Å². The van der Waals surface area contributed by atoms with Crippen LogP contribution in [0.3, 0.4) is 0 Å². The van der Waals surface area contributed by atoms with Crippen LogP contribution in [0.5, 0.6) is 0 Å². The smallest absolute Gasteiger partial charge is 0.0623 e. The van der Waals surface area contributed by atoms with E-state index in [1.54, 1.807) is 0 Å². The van der Waals surface area contributed by atoms with Crippen molar-refractivity contribution in [2.45, 2.75) is 23.0 Å². The first-order chi connectivity index (χ1) is 5.88. The summed E-state index contributed by atoms with van der Waals surface area (Å²) in [5.41, 5.74) is 0. The van der Waals surface area contributed by atoms with Gasteiger partial charge in [-0.05, 0) is 30.1 Å². The Labute approximate surface area is 75.9 Å². The summed E-state index contributed by atoms with van der Waals surface area (Å²) >= 11 is 2.25. The highest BCUT2D eigenvalue weighted by atomic mass is 32.2. The molecule has 1 saturated heterocycles. The van der Waals surface area contributed by atoms with E-state index in [1.165, 1.54) is 6.42 Å². The Morgan fingerprint density at radius 3 is 2.75 bits per heavy atom. The largest absolute Gasteiger partial charge is 0.392 e. The Hall–Kier alpha value is 0.310. The first-order valence-electron chi connectivity index (χ1n) is 5.21. The summed E-state index contributed by atoms with van der Waals surface area (Å²) in [6, 6.07) is 0. The molecule has 1 nitrogen and oxygen atoms in total. The lowest BCUT2D eigenvalue weighted by Gasteiger charge is -2.45. The van der Waals surface area contributed by atoms with Gasteiger partial charge in [-0.15, -0.1) is 0 Å². The molecule has 4 aliphatic carbocycles. The number of thioether (sulfide) groups is 1. The van der Waals surface area contributed by atoms with Gasteiger partial charge in [-0.2, -0.15) is 11.8 Å². The van der Waals surface area contributed by atoms with E-state index in [1.807, 2.05) is 0 Å². The summed E-state index contributed by atoms with van der Waals surface area (Å²) in [4.78, 5) is 0. The van der Waals surface area contributed by atoms with Crippen molar-refractivity contribution in [1.82, 2.24) is 0 Å². The molecule has 5 aliphatic rings. The van der Waals surface area contributed by atoms with Gasteiger partial charge in [0.25, 0.3) is 0 Å². The van der Waals surface area contributed by atoms with Crippen molar-refractivity contribution in [3.63, 3.8) is 0 Å². The fourth-order valence-corrected chi connectivity index (χ4v) is 8.00. The third-order valence-corrected chi connectivity index (χ3v) is 7.50. The Balaban J connectivity index is 1.86. The molecule has 0 radical (unpaired) electrons. The molecule has 1 aliphatic heterocycles. The van der Waals surface area contributed by atoms with Gasteiger partial charge >= 0.3 is 0 Å². The molecule has 0 unspecified atom stereocenters. The molecule has 4 saturated carbocycles. The zero-order valence-electron chi connectivity index (χ0n) is 6.76. The van der Waals surface area contributed by atoms with Crippen LogP contribution >= 0.6 is 11.8 Å². The van der Waals surface area contributed by atoms with Crippen molar-refractivity contribution >= 4 is 11.8 Å². The van der Waals surface area contributed by atoms with E-state index in [9.17, 15) is 5.11 Å². The van der Waals surface area contributed by atoms with E-state index in [2.05, 4.69) is 11.8 Å². The van der Waals surface area contributed by atoms with Crippen LogP contribution in [-0.4, -0.2) is 21.7 Å². The maximum Gasteiger partial charge on any atom is 0.0623 e. The molecule has 2 bridgehead atoms. The highest BCUT2D eigenvalue weighted by molar-refractivity contribution is 8.01. The summed E-state index contributed by atoms with van der Waals surface area (Å²) in [5.74, 6) is 5.57. The van der Waals surface area contributed by atoms with Gasteiger partial charge in [0.15, 0.2) is 0 Å². The van der Waals surface area contributed by atoms with Gasteiger partial charge in [-0.25, -0.2) is 0 Å². The summed E-state index contributed by atoms with van der Waals surface area (Å²) in [6.45, 7) is 0. The molecule has 0 aromatic carbocycles. The first kappa shape index (κ1) is 5.92. The van der Waals surface area contributed by atoms with E-state index in [-0.39, 0.29) is 6.10 Å². The van der Waals surface area contributed by atoms with Crippen molar-refractivity contribution in [2.24, 2.45) is 35.5 Å². The van der Waals surface area contributed by atoms with E-state index >= 15 is 0 Å². The number of fused-ring (bicyclic) bond motifs is 2. The summed E-state index contributed by atoms with van der Waals surface area (Å²) in [6.07, 6.45) is 1.61. The lowest BCUT2D eigenvalue weighted by Crippen LogP contribution is -2.48. The average molecular weight is 180 g/mol. The number of hydrogen-bond donors (Lipinski definition) is 1. The highest BCUT2D eigenvalue weighted by Gasteiger charge is 2.81. The van der Waals surface area contributed by atoms with Gasteiger partial charge < -0.3 is 5.11 Å². The van der Waals surface area contributed by atoms with E-state index < -0.39 is 0 Å². The van der Waals surface area contributed by atoms with Gasteiger partial charge in [0.1, 0.15) is 0 Å². The van der Waals surface area contributed by atoms with Crippen molar-refractivity contribution in [2.75, 3.05) is 0 Å². The maximum atomic E-state index is 10.1. The minimum absolute atomic E-state index is 0.125. The molecule has 2 heteroatoms. The zero-order valence-corrected chi connectivity index (χ0v) is 7.58. The second-order valence-electron chi connectivity index (χ2n) is 5.43. The normalized spacial score (nSPS) is 85.2. The fourth-order valence-electron chi connectivity index (χ4n) is 5.51. The molecule has 5 rings (SSSR count). The van der Waals surface area contributed by atoms with Crippen LogP contribution in [0.15, 0.2) is 0 Å². The molecule has 5 fully saturated rings. The van der Waals surface area contributed by atoms with Crippen molar-refractivity contribution < 1.29 is 5.11 Å². The SMILES string of the molecule is O[C@H]1[C@@H]2[C@H]3C[C@H]4[C@H]2S[C@H]2[C@@H]1[C@@H]3[C@H]42. The number of hydrogen-bond acceptors (Lipinski definition) is 2. The van der Waals surface area contributed by atoms with Crippen LogP contribution in [0.2, 0.25) is 0 Å². The second kappa shape index (κ2) is 1.40. The summed E-state index contributed by atoms with van der Waals surface area (Å²) < 4.78 is 0. The molecule has 0 aromatic heterocycles. The molecule has 0 aromatic rings. The van der Waals surface area contributed by atoms with Crippen molar-refractivity contribution in [1.29, 1.82) is 0 Å². The maximum absolute atomic E-state index is 10.1. The van der Waals surface area contributed by atoms with Gasteiger partial charge in [-0.3, -0.25) is 0 Å². The molecule has 0 amide bonds. The van der Waals surface area contributed by atoms with Gasteiger partial charge in [0, 0.05) is 22.3 Å². The lowest BCUT2D eigenvalue weighted by atomic mass is 9.64. The Kier molecular flexibility index (Phi) is 0.690. The van der Waals surface area contributed by atoms with Crippen LogP contribution in [0.25, 0.3) is 0 Å². The Morgan fingerprint density at radius 2 is 1.83 bits per heavy atom. The standard InChI is InChI=1S/C10H12OS/c11-8-6-2-1-3-5-4(2)7(8)10(5)12-9(3)6/h2-11H,1H2/t2-,3+,4-,5-,6-,7+,8-,9+,10+/m0/s1. The highest BCUT2D eigenvalue weighted by Crippen LogP contribution is 2.82.